The number of nitrogens with one attached hydrogen (secondary N) is 2. The first-order valence-corrected chi connectivity index (χ1v) is 11.9. The fourth-order valence-electron chi connectivity index (χ4n) is 5.49. The summed E-state index contributed by atoms with van der Waals surface area (Å²) in [5.41, 5.74) is -1.07. The van der Waals surface area contributed by atoms with Gasteiger partial charge < -0.3 is 25.4 Å². The Labute approximate surface area is 186 Å². The first-order valence-electron chi connectivity index (χ1n) is 11.0. The number of ether oxygens (including phenoxy) is 1. The highest BCUT2D eigenvalue weighted by atomic mass is 79.9. The van der Waals surface area contributed by atoms with E-state index in [0.29, 0.717) is 13.0 Å². The second-order valence-corrected chi connectivity index (χ2v) is 9.98. The number of aliphatic hydroxyl groups is 1. The van der Waals surface area contributed by atoms with Crippen molar-refractivity contribution in [2.75, 3.05) is 20.2 Å². The lowest BCUT2D eigenvalue weighted by atomic mass is 9.70. The highest BCUT2D eigenvalue weighted by Crippen LogP contribution is 2.60. The van der Waals surface area contributed by atoms with Crippen LogP contribution in [0.3, 0.4) is 0 Å². The number of halogens is 1. The summed E-state index contributed by atoms with van der Waals surface area (Å²) in [7, 11) is 1.55. The van der Waals surface area contributed by atoms with E-state index in [1.165, 1.54) is 4.90 Å². The summed E-state index contributed by atoms with van der Waals surface area (Å²) >= 11 is 3.63. The molecule has 3 N–H and O–H groups in total. The van der Waals surface area contributed by atoms with Crippen molar-refractivity contribution in [3.05, 3.63) is 0 Å². The summed E-state index contributed by atoms with van der Waals surface area (Å²) in [6, 6.07) is -1.37. The van der Waals surface area contributed by atoms with Gasteiger partial charge >= 0.3 is 0 Å². The highest BCUT2D eigenvalue weighted by molar-refractivity contribution is 9.09. The van der Waals surface area contributed by atoms with Gasteiger partial charge in [-0.1, -0.05) is 49.5 Å². The molecule has 3 aliphatic rings. The van der Waals surface area contributed by atoms with E-state index in [-0.39, 0.29) is 35.1 Å². The van der Waals surface area contributed by atoms with Gasteiger partial charge in [0.15, 0.2) is 0 Å². The second-order valence-electron chi connectivity index (χ2n) is 8.80. The standard InChI is InChI=1S/C21H34BrN3O5/c1-5-7-8-24-19(28)17-21-9-12(22)16(30-21)14(18(27)23-4)15(21)20(29)25(17)13(10-26)11(3)6-2/h11-17,26H,5-10H2,1-4H3,(H,23,27)(H,24,28)/t11-,12?,13-,14-,15-,16-,17?,21?/m0/s1. The Morgan fingerprint density at radius 2 is 2.07 bits per heavy atom. The van der Waals surface area contributed by atoms with Crippen LogP contribution in [0.4, 0.5) is 0 Å². The lowest BCUT2D eigenvalue weighted by Crippen LogP contribution is -2.59. The van der Waals surface area contributed by atoms with E-state index in [1.807, 2.05) is 20.8 Å². The summed E-state index contributed by atoms with van der Waals surface area (Å²) in [5, 5.41) is 15.8. The zero-order valence-corrected chi connectivity index (χ0v) is 19.8. The van der Waals surface area contributed by atoms with E-state index >= 15 is 0 Å². The molecule has 3 fully saturated rings. The van der Waals surface area contributed by atoms with Gasteiger partial charge in [-0.05, 0) is 18.8 Å². The molecule has 3 aliphatic heterocycles. The van der Waals surface area contributed by atoms with Gasteiger partial charge in [-0.15, -0.1) is 0 Å². The van der Waals surface area contributed by atoms with Crippen molar-refractivity contribution >= 4 is 33.7 Å². The molecule has 3 heterocycles. The largest absolute Gasteiger partial charge is 0.394 e. The third-order valence-electron chi connectivity index (χ3n) is 7.20. The molecule has 2 bridgehead atoms. The fourth-order valence-corrected chi connectivity index (χ4v) is 6.43. The van der Waals surface area contributed by atoms with Gasteiger partial charge in [0, 0.05) is 18.4 Å². The quantitative estimate of drug-likeness (QED) is 0.329. The Balaban J connectivity index is 2.06. The lowest BCUT2D eigenvalue weighted by Gasteiger charge is -2.38. The van der Waals surface area contributed by atoms with Crippen molar-refractivity contribution in [1.29, 1.82) is 0 Å². The van der Waals surface area contributed by atoms with Gasteiger partial charge in [-0.2, -0.15) is 0 Å². The number of carbonyl (C=O) groups is 3. The van der Waals surface area contributed by atoms with Crippen LogP contribution < -0.4 is 10.6 Å². The molecule has 30 heavy (non-hydrogen) atoms. The predicted octanol–water partition coefficient (Wildman–Crippen LogP) is 0.804. The fraction of sp³-hybridized carbons (Fsp3) is 0.857. The van der Waals surface area contributed by atoms with Gasteiger partial charge in [0.05, 0.1) is 30.6 Å². The van der Waals surface area contributed by atoms with E-state index in [2.05, 4.69) is 26.6 Å². The molecule has 0 aliphatic carbocycles. The minimum atomic E-state index is -1.07. The maximum atomic E-state index is 13.7. The molecule has 0 radical (unpaired) electrons. The number of carbonyl (C=O) groups excluding carboxylic acids is 3. The summed E-state index contributed by atoms with van der Waals surface area (Å²) in [6.07, 6.45) is 2.54. The Morgan fingerprint density at radius 1 is 1.37 bits per heavy atom. The van der Waals surface area contributed by atoms with Gasteiger partial charge in [-0.25, -0.2) is 0 Å². The maximum Gasteiger partial charge on any atom is 0.245 e. The number of rotatable bonds is 9. The second kappa shape index (κ2) is 9.12. The molecule has 3 amide bonds. The summed E-state index contributed by atoms with van der Waals surface area (Å²) in [5.74, 6) is -2.17. The van der Waals surface area contributed by atoms with Crippen LogP contribution in [0.5, 0.6) is 0 Å². The number of alkyl halides is 1. The molecule has 1 spiro atoms. The third kappa shape index (κ3) is 3.46. The van der Waals surface area contributed by atoms with Crippen molar-refractivity contribution in [2.24, 2.45) is 17.8 Å². The molecule has 0 aromatic carbocycles. The number of aliphatic hydroxyl groups excluding tert-OH is 1. The zero-order valence-electron chi connectivity index (χ0n) is 18.2. The van der Waals surface area contributed by atoms with Gasteiger partial charge in [-0.3, -0.25) is 14.4 Å². The van der Waals surface area contributed by atoms with Gasteiger partial charge in [0.25, 0.3) is 0 Å². The van der Waals surface area contributed by atoms with E-state index in [4.69, 9.17) is 4.74 Å². The third-order valence-corrected chi connectivity index (χ3v) is 8.04. The topological polar surface area (TPSA) is 108 Å². The van der Waals surface area contributed by atoms with Crippen LogP contribution in [0.15, 0.2) is 0 Å². The minimum Gasteiger partial charge on any atom is -0.394 e. The molecule has 3 unspecified atom stereocenters. The van der Waals surface area contributed by atoms with Crippen LogP contribution >= 0.6 is 15.9 Å². The smallest absolute Gasteiger partial charge is 0.245 e. The number of fused-ring (bicyclic) bond motifs is 1. The summed E-state index contributed by atoms with van der Waals surface area (Å²) < 4.78 is 6.37. The molecule has 0 aromatic heterocycles. The molecule has 170 valence electrons. The summed E-state index contributed by atoms with van der Waals surface area (Å²) in [6.45, 7) is 6.28. The first-order chi connectivity index (χ1) is 14.3. The normalized spacial score (nSPS) is 36.5. The summed E-state index contributed by atoms with van der Waals surface area (Å²) in [4.78, 5) is 41.3. The number of likely N-dealkylation sites (tertiary alicyclic amines) is 1. The SMILES string of the molecule is CCCCNC(=O)C1N([C@@H](CO)[C@@H](C)CC)C(=O)[C@@H]2[C@H](C(=O)NC)[C@H]3OC12CC3Br. The molecule has 8 atom stereocenters. The van der Waals surface area contributed by atoms with Crippen molar-refractivity contribution in [3.63, 3.8) is 0 Å². The van der Waals surface area contributed by atoms with Crippen LogP contribution in [-0.2, 0) is 19.1 Å². The molecule has 3 rings (SSSR count). The molecule has 0 saturated carbocycles. The van der Waals surface area contributed by atoms with E-state index in [9.17, 15) is 19.5 Å². The van der Waals surface area contributed by atoms with Crippen LogP contribution in [0.25, 0.3) is 0 Å². The van der Waals surface area contributed by atoms with E-state index < -0.39 is 35.6 Å². The number of amides is 3. The zero-order chi connectivity index (χ0) is 22.2. The van der Waals surface area contributed by atoms with E-state index in [0.717, 1.165) is 19.3 Å². The number of unbranched alkanes of at least 4 members (excludes halogenated alkanes) is 1. The molecule has 9 heteroatoms. The average molecular weight is 488 g/mol. The predicted molar refractivity (Wildman–Crippen MR) is 115 cm³/mol. The molecular weight excluding hydrogens is 454 g/mol. The van der Waals surface area contributed by atoms with Gasteiger partial charge in [0.1, 0.15) is 11.6 Å². The van der Waals surface area contributed by atoms with Gasteiger partial charge in [0.2, 0.25) is 17.7 Å². The number of nitrogens with zero attached hydrogens (tertiary/aromatic N) is 1. The van der Waals surface area contributed by atoms with Crippen LogP contribution in [0.1, 0.15) is 46.5 Å². The molecule has 3 saturated heterocycles. The Hall–Kier alpha value is -1.19. The lowest BCUT2D eigenvalue weighted by molar-refractivity contribution is -0.147. The van der Waals surface area contributed by atoms with E-state index in [1.54, 1.807) is 7.05 Å². The average Bonchev–Trinajstić information content (AvgIpc) is 3.32. The minimum absolute atomic E-state index is 0.00413. The van der Waals surface area contributed by atoms with Crippen LogP contribution in [-0.4, -0.2) is 76.5 Å². The van der Waals surface area contributed by atoms with Crippen molar-refractivity contribution in [1.82, 2.24) is 15.5 Å². The van der Waals surface area contributed by atoms with Crippen LogP contribution in [0.2, 0.25) is 0 Å². The number of hydrogen-bond donors (Lipinski definition) is 3. The monoisotopic (exact) mass is 487 g/mol. The Kier molecular flexibility index (Phi) is 7.14. The molecule has 8 nitrogen and oxygen atoms in total. The molecular formula is C21H34BrN3O5. The highest BCUT2D eigenvalue weighted by Gasteiger charge is 2.77. The Bertz CT molecular complexity index is 692. The maximum absolute atomic E-state index is 13.7. The van der Waals surface area contributed by atoms with Crippen LogP contribution in [0, 0.1) is 17.8 Å². The number of hydrogen-bond acceptors (Lipinski definition) is 5. The van der Waals surface area contributed by atoms with Crippen molar-refractivity contribution in [2.45, 2.75) is 75.1 Å². The van der Waals surface area contributed by atoms with Crippen molar-refractivity contribution in [3.8, 4) is 0 Å². The van der Waals surface area contributed by atoms with Crippen molar-refractivity contribution < 1.29 is 24.2 Å². The Morgan fingerprint density at radius 3 is 2.63 bits per heavy atom. The molecule has 0 aromatic rings. The first kappa shape index (κ1) is 23.5.